The molecule has 0 unspecified atom stereocenters. The number of rotatable bonds is 8. The lowest BCUT2D eigenvalue weighted by molar-refractivity contribution is -0.113. The molecule has 1 aromatic heterocycles. The second kappa shape index (κ2) is 9.67. The van der Waals surface area contributed by atoms with Gasteiger partial charge in [-0.25, -0.2) is 4.68 Å². The molecule has 0 radical (unpaired) electrons. The topological polar surface area (TPSA) is 95.1 Å². The van der Waals surface area contributed by atoms with Gasteiger partial charge in [-0.1, -0.05) is 55.4 Å². The smallest absolute Gasteiger partial charge is 0.234 e. The molecule has 3 N–H and O–H groups in total. The molecule has 2 aromatic carbocycles. The molecule has 0 saturated carbocycles. The fourth-order valence-corrected chi connectivity index (χ4v) is 3.41. The standard InChI is InChI=1S/C20H22ClN5O2S/c1-13(2)16-5-3-4-6-17(16)23-19(27)12-29-20-25-24-18(26(20)22)11-28-15-9-7-14(21)8-10-15/h3-10,13H,11-12,22H2,1-2H3,(H,23,27). The molecule has 152 valence electrons. The van der Waals surface area contributed by atoms with Crippen LogP contribution in [0.5, 0.6) is 5.75 Å². The number of halogens is 1. The van der Waals surface area contributed by atoms with Gasteiger partial charge in [0.15, 0.2) is 5.82 Å². The van der Waals surface area contributed by atoms with Gasteiger partial charge < -0.3 is 15.9 Å². The van der Waals surface area contributed by atoms with E-state index in [-0.39, 0.29) is 18.3 Å². The number of anilines is 1. The van der Waals surface area contributed by atoms with E-state index in [1.54, 1.807) is 24.3 Å². The average molecular weight is 432 g/mol. The molecule has 29 heavy (non-hydrogen) atoms. The van der Waals surface area contributed by atoms with Crippen molar-refractivity contribution in [2.45, 2.75) is 31.5 Å². The normalized spacial score (nSPS) is 10.9. The molecule has 0 saturated heterocycles. The third-order valence-electron chi connectivity index (χ3n) is 4.11. The molecule has 0 spiro atoms. The number of hydrogen-bond acceptors (Lipinski definition) is 6. The van der Waals surface area contributed by atoms with E-state index >= 15 is 0 Å². The minimum absolute atomic E-state index is 0.134. The molecule has 1 heterocycles. The Kier molecular flexibility index (Phi) is 7.00. The van der Waals surface area contributed by atoms with E-state index in [9.17, 15) is 4.79 Å². The summed E-state index contributed by atoms with van der Waals surface area (Å²) >= 11 is 7.07. The van der Waals surface area contributed by atoms with E-state index in [4.69, 9.17) is 22.2 Å². The third kappa shape index (κ3) is 5.65. The number of hydrogen-bond donors (Lipinski definition) is 2. The summed E-state index contributed by atoms with van der Waals surface area (Å²) in [6.45, 7) is 4.33. The van der Waals surface area contributed by atoms with Crippen molar-refractivity contribution in [2.24, 2.45) is 0 Å². The fourth-order valence-electron chi connectivity index (χ4n) is 2.61. The number of benzene rings is 2. The Balaban J connectivity index is 1.55. The van der Waals surface area contributed by atoms with Crippen molar-refractivity contribution in [3.63, 3.8) is 0 Å². The number of nitrogens with zero attached hydrogens (tertiary/aromatic N) is 3. The van der Waals surface area contributed by atoms with Crippen LogP contribution in [0, 0.1) is 0 Å². The molecule has 1 amide bonds. The summed E-state index contributed by atoms with van der Waals surface area (Å²) in [7, 11) is 0. The van der Waals surface area contributed by atoms with E-state index in [0.717, 1.165) is 11.3 Å². The summed E-state index contributed by atoms with van der Waals surface area (Å²) in [5.41, 5.74) is 1.91. The van der Waals surface area contributed by atoms with Gasteiger partial charge in [0, 0.05) is 10.7 Å². The van der Waals surface area contributed by atoms with Crippen molar-refractivity contribution >= 4 is 35.0 Å². The highest BCUT2D eigenvalue weighted by atomic mass is 35.5. The van der Waals surface area contributed by atoms with Crippen LogP contribution in [-0.4, -0.2) is 26.5 Å². The van der Waals surface area contributed by atoms with Gasteiger partial charge in [-0.2, -0.15) is 0 Å². The minimum Gasteiger partial charge on any atom is -0.486 e. The highest BCUT2D eigenvalue weighted by molar-refractivity contribution is 7.99. The lowest BCUT2D eigenvalue weighted by Crippen LogP contribution is -2.18. The van der Waals surface area contributed by atoms with Crippen molar-refractivity contribution in [3.05, 3.63) is 64.9 Å². The number of nitrogens with two attached hydrogens (primary N) is 1. The molecular weight excluding hydrogens is 410 g/mol. The first-order valence-corrected chi connectivity index (χ1v) is 10.4. The lowest BCUT2D eigenvalue weighted by atomic mass is 10.0. The van der Waals surface area contributed by atoms with Crippen molar-refractivity contribution in [1.29, 1.82) is 0 Å². The molecule has 0 aliphatic heterocycles. The first-order valence-electron chi connectivity index (χ1n) is 9.03. The second-order valence-electron chi connectivity index (χ2n) is 6.59. The minimum atomic E-state index is -0.134. The fraction of sp³-hybridized carbons (Fsp3) is 0.250. The van der Waals surface area contributed by atoms with Crippen LogP contribution in [-0.2, 0) is 11.4 Å². The number of amides is 1. The van der Waals surface area contributed by atoms with Gasteiger partial charge in [-0.05, 0) is 41.8 Å². The molecule has 0 fully saturated rings. The van der Waals surface area contributed by atoms with Crippen LogP contribution in [0.1, 0.15) is 31.2 Å². The van der Waals surface area contributed by atoms with Crippen LogP contribution >= 0.6 is 23.4 Å². The maximum Gasteiger partial charge on any atom is 0.234 e. The van der Waals surface area contributed by atoms with Gasteiger partial charge in [-0.15, -0.1) is 10.2 Å². The Morgan fingerprint density at radius 1 is 1.21 bits per heavy atom. The number of carbonyl (C=O) groups excluding carboxylic acids is 1. The number of para-hydroxylation sites is 1. The van der Waals surface area contributed by atoms with Crippen LogP contribution in [0.4, 0.5) is 5.69 Å². The van der Waals surface area contributed by atoms with Crippen molar-refractivity contribution in [1.82, 2.24) is 14.9 Å². The van der Waals surface area contributed by atoms with E-state index in [1.807, 2.05) is 24.3 Å². The van der Waals surface area contributed by atoms with Gasteiger partial charge in [0.2, 0.25) is 11.1 Å². The monoisotopic (exact) mass is 431 g/mol. The van der Waals surface area contributed by atoms with Crippen LogP contribution in [0.25, 0.3) is 0 Å². The molecule has 9 heteroatoms. The molecule has 0 aliphatic rings. The maximum absolute atomic E-state index is 12.4. The van der Waals surface area contributed by atoms with Crippen LogP contribution in [0.15, 0.2) is 53.7 Å². The van der Waals surface area contributed by atoms with Crippen molar-refractivity contribution < 1.29 is 9.53 Å². The number of nitrogens with one attached hydrogen (secondary N) is 1. The predicted molar refractivity (Wildman–Crippen MR) is 116 cm³/mol. The lowest BCUT2D eigenvalue weighted by Gasteiger charge is -2.13. The molecule has 7 nitrogen and oxygen atoms in total. The van der Waals surface area contributed by atoms with Crippen LogP contribution < -0.4 is 15.9 Å². The number of thioether (sulfide) groups is 1. The van der Waals surface area contributed by atoms with Gasteiger partial charge >= 0.3 is 0 Å². The maximum atomic E-state index is 12.4. The van der Waals surface area contributed by atoms with E-state index in [1.165, 1.54) is 16.4 Å². The quantitative estimate of drug-likeness (QED) is 0.412. The van der Waals surface area contributed by atoms with Gasteiger partial charge in [0.1, 0.15) is 12.4 Å². The Labute approximate surface area is 178 Å². The van der Waals surface area contributed by atoms with Gasteiger partial charge in [0.25, 0.3) is 0 Å². The van der Waals surface area contributed by atoms with Crippen molar-refractivity contribution in [2.75, 3.05) is 16.9 Å². The van der Waals surface area contributed by atoms with E-state index in [0.29, 0.717) is 27.7 Å². The van der Waals surface area contributed by atoms with Crippen LogP contribution in [0.2, 0.25) is 5.02 Å². The summed E-state index contributed by atoms with van der Waals surface area (Å²) in [5, 5.41) is 12.1. The molecule has 3 aromatic rings. The molecular formula is C20H22ClN5O2S. The van der Waals surface area contributed by atoms with Crippen molar-refractivity contribution in [3.8, 4) is 5.75 Å². The molecule has 0 atom stereocenters. The van der Waals surface area contributed by atoms with Crippen LogP contribution in [0.3, 0.4) is 0 Å². The van der Waals surface area contributed by atoms with E-state index in [2.05, 4.69) is 29.4 Å². The largest absolute Gasteiger partial charge is 0.486 e. The SMILES string of the molecule is CC(C)c1ccccc1NC(=O)CSc1nnc(COc2ccc(Cl)cc2)n1N. The first-order chi connectivity index (χ1) is 13.9. The zero-order valence-corrected chi connectivity index (χ0v) is 17.7. The second-order valence-corrected chi connectivity index (χ2v) is 7.97. The Morgan fingerprint density at radius 2 is 1.93 bits per heavy atom. The Hall–Kier alpha value is -2.71. The summed E-state index contributed by atoms with van der Waals surface area (Å²) in [6, 6.07) is 14.8. The summed E-state index contributed by atoms with van der Waals surface area (Å²) in [5.74, 6) is 7.48. The zero-order chi connectivity index (χ0) is 20.8. The predicted octanol–water partition coefficient (Wildman–Crippen LogP) is 4.08. The summed E-state index contributed by atoms with van der Waals surface area (Å²) < 4.78 is 6.96. The molecule has 0 aliphatic carbocycles. The zero-order valence-electron chi connectivity index (χ0n) is 16.1. The number of aromatic nitrogens is 3. The Morgan fingerprint density at radius 3 is 2.66 bits per heavy atom. The Bertz CT molecular complexity index is 975. The van der Waals surface area contributed by atoms with Gasteiger partial charge in [0.05, 0.1) is 5.75 Å². The highest BCUT2D eigenvalue weighted by Crippen LogP contribution is 2.24. The highest BCUT2D eigenvalue weighted by Gasteiger charge is 2.14. The summed E-state index contributed by atoms with van der Waals surface area (Å²) in [6.07, 6.45) is 0. The number of carbonyl (C=O) groups is 1. The van der Waals surface area contributed by atoms with E-state index < -0.39 is 0 Å². The van der Waals surface area contributed by atoms with Gasteiger partial charge in [-0.3, -0.25) is 4.79 Å². The average Bonchev–Trinajstić information content (AvgIpc) is 3.06. The third-order valence-corrected chi connectivity index (χ3v) is 5.30. The summed E-state index contributed by atoms with van der Waals surface area (Å²) in [4.78, 5) is 12.4. The number of ether oxygens (including phenoxy) is 1. The molecule has 0 bridgehead atoms. The first kappa shape index (κ1) is 21.0. The molecule has 3 rings (SSSR count). The number of nitrogen functional groups attached to an aromatic ring is 1.